The van der Waals surface area contributed by atoms with E-state index in [-0.39, 0.29) is 5.15 Å². The Bertz CT molecular complexity index is 700. The van der Waals surface area contributed by atoms with Crippen LogP contribution in [0.2, 0.25) is 5.15 Å². The van der Waals surface area contributed by atoms with Crippen LogP contribution >= 0.6 is 23.5 Å². The molecule has 2 aromatic rings. The molecular weight excluding hydrogens is 370 g/mol. The molecule has 0 radical (unpaired) electrons. The molecule has 1 N–H and O–H groups in total. The van der Waals surface area contributed by atoms with E-state index >= 15 is 0 Å². The number of rotatable bonds is 10. The number of nitrogens with zero attached hydrogens (tertiary/aromatic N) is 3. The van der Waals surface area contributed by atoms with Crippen molar-refractivity contribution in [1.82, 2.24) is 10.2 Å². The quantitative estimate of drug-likeness (QED) is 0.379. The standard InChI is InChI=1S/C19H24ClN3O2S/c1-2-3-4-5-6-10-13-26-23(19(24)25)16-14-17(20)21-22-18(16)15-11-8-7-9-12-15/h7-9,11-12,14H,2-6,10,13H2,1H3,(H,24,25). The Morgan fingerprint density at radius 3 is 2.50 bits per heavy atom. The normalized spacial score (nSPS) is 10.7. The number of anilines is 1. The van der Waals surface area contributed by atoms with E-state index < -0.39 is 6.09 Å². The summed E-state index contributed by atoms with van der Waals surface area (Å²) in [7, 11) is 0. The van der Waals surface area contributed by atoms with Crippen LogP contribution in [0.4, 0.5) is 10.5 Å². The fourth-order valence-electron chi connectivity index (χ4n) is 2.58. The Morgan fingerprint density at radius 1 is 1.12 bits per heavy atom. The second kappa shape index (κ2) is 11.0. The minimum absolute atomic E-state index is 0.172. The van der Waals surface area contributed by atoms with Crippen molar-refractivity contribution in [2.45, 2.75) is 45.4 Å². The van der Waals surface area contributed by atoms with Crippen molar-refractivity contribution in [1.29, 1.82) is 0 Å². The van der Waals surface area contributed by atoms with Crippen LogP contribution in [0.1, 0.15) is 45.4 Å². The van der Waals surface area contributed by atoms with Gasteiger partial charge in [0.15, 0.2) is 5.15 Å². The molecule has 0 aliphatic carbocycles. The first-order chi connectivity index (χ1) is 12.6. The number of unbranched alkanes of at least 4 members (excludes halogenated alkanes) is 5. The third-order valence-corrected chi connectivity index (χ3v) is 5.17. The highest BCUT2D eigenvalue weighted by Gasteiger charge is 2.21. The summed E-state index contributed by atoms with van der Waals surface area (Å²) in [4.78, 5) is 11.8. The Hall–Kier alpha value is -1.79. The van der Waals surface area contributed by atoms with E-state index in [1.54, 1.807) is 6.07 Å². The molecule has 1 amide bonds. The lowest BCUT2D eigenvalue weighted by molar-refractivity contribution is 0.206. The first kappa shape index (κ1) is 20.5. The molecule has 0 bridgehead atoms. The molecule has 0 atom stereocenters. The molecule has 0 fully saturated rings. The van der Waals surface area contributed by atoms with Gasteiger partial charge in [-0.25, -0.2) is 9.10 Å². The van der Waals surface area contributed by atoms with Gasteiger partial charge in [-0.15, -0.1) is 10.2 Å². The van der Waals surface area contributed by atoms with Crippen molar-refractivity contribution in [3.63, 3.8) is 0 Å². The Kier molecular flexibility index (Phi) is 8.71. The maximum absolute atomic E-state index is 11.8. The highest BCUT2D eigenvalue weighted by Crippen LogP contribution is 2.34. The van der Waals surface area contributed by atoms with Gasteiger partial charge in [-0.2, -0.15) is 0 Å². The zero-order valence-corrected chi connectivity index (χ0v) is 16.5. The third-order valence-electron chi connectivity index (χ3n) is 3.90. The molecule has 2 rings (SSSR count). The van der Waals surface area contributed by atoms with Gasteiger partial charge < -0.3 is 5.11 Å². The summed E-state index contributed by atoms with van der Waals surface area (Å²) >= 11 is 7.25. The highest BCUT2D eigenvalue weighted by molar-refractivity contribution is 8.01. The number of hydrogen-bond acceptors (Lipinski definition) is 4. The number of carboxylic acid groups (broad SMARTS) is 1. The predicted molar refractivity (Wildman–Crippen MR) is 109 cm³/mol. The molecule has 1 aromatic heterocycles. The molecule has 0 saturated carbocycles. The van der Waals surface area contributed by atoms with Crippen LogP contribution in [0.3, 0.4) is 0 Å². The molecule has 0 aliphatic rings. The monoisotopic (exact) mass is 393 g/mol. The van der Waals surface area contributed by atoms with Crippen LogP contribution in [-0.2, 0) is 0 Å². The molecule has 0 unspecified atom stereocenters. The zero-order valence-electron chi connectivity index (χ0n) is 14.9. The van der Waals surface area contributed by atoms with Crippen molar-refractivity contribution >= 4 is 35.3 Å². The number of benzene rings is 1. The van der Waals surface area contributed by atoms with Crippen molar-refractivity contribution in [3.05, 3.63) is 41.6 Å². The molecule has 0 aliphatic heterocycles. The van der Waals surface area contributed by atoms with Crippen LogP contribution in [0.25, 0.3) is 11.3 Å². The van der Waals surface area contributed by atoms with Crippen molar-refractivity contribution in [2.24, 2.45) is 0 Å². The molecule has 0 spiro atoms. The predicted octanol–water partition coefficient (Wildman–Crippen LogP) is 6.29. The number of carbonyl (C=O) groups is 1. The van der Waals surface area contributed by atoms with Gasteiger partial charge in [-0.3, -0.25) is 0 Å². The number of hydrogen-bond donors (Lipinski definition) is 1. The lowest BCUT2D eigenvalue weighted by Crippen LogP contribution is -2.23. The zero-order chi connectivity index (χ0) is 18.8. The topological polar surface area (TPSA) is 66.3 Å². The first-order valence-corrected chi connectivity index (χ1v) is 10.2. The van der Waals surface area contributed by atoms with Gasteiger partial charge >= 0.3 is 6.09 Å². The van der Waals surface area contributed by atoms with E-state index in [0.29, 0.717) is 11.4 Å². The molecule has 0 saturated heterocycles. The summed E-state index contributed by atoms with van der Waals surface area (Å²) in [5.41, 5.74) is 1.76. The minimum atomic E-state index is -1.04. The molecule has 1 aromatic carbocycles. The molecular formula is C19H24ClN3O2S. The highest BCUT2D eigenvalue weighted by atomic mass is 35.5. The second-order valence-corrected chi connectivity index (χ2v) is 7.36. The molecule has 1 heterocycles. The van der Waals surface area contributed by atoms with Gasteiger partial charge in [0.2, 0.25) is 0 Å². The van der Waals surface area contributed by atoms with E-state index in [0.717, 1.165) is 24.2 Å². The maximum atomic E-state index is 11.8. The van der Waals surface area contributed by atoms with E-state index in [1.807, 2.05) is 30.3 Å². The summed E-state index contributed by atoms with van der Waals surface area (Å²) in [6, 6.07) is 11.0. The third kappa shape index (κ3) is 6.18. The smallest absolute Gasteiger partial charge is 0.422 e. The molecule has 5 nitrogen and oxygen atoms in total. The molecule has 140 valence electrons. The lowest BCUT2D eigenvalue weighted by atomic mass is 10.1. The first-order valence-electron chi connectivity index (χ1n) is 8.88. The van der Waals surface area contributed by atoms with Crippen LogP contribution in [0.5, 0.6) is 0 Å². The van der Waals surface area contributed by atoms with Crippen molar-refractivity contribution in [2.75, 3.05) is 10.1 Å². The van der Waals surface area contributed by atoms with Crippen LogP contribution < -0.4 is 4.31 Å². The summed E-state index contributed by atoms with van der Waals surface area (Å²) < 4.78 is 1.24. The van der Waals surface area contributed by atoms with Gasteiger partial charge in [0.1, 0.15) is 5.69 Å². The fourth-order valence-corrected chi connectivity index (χ4v) is 3.63. The van der Waals surface area contributed by atoms with Crippen LogP contribution in [0, 0.1) is 0 Å². The van der Waals surface area contributed by atoms with E-state index in [4.69, 9.17) is 11.6 Å². The number of halogens is 1. The van der Waals surface area contributed by atoms with Crippen molar-refractivity contribution < 1.29 is 9.90 Å². The summed E-state index contributed by atoms with van der Waals surface area (Å²) in [6.07, 6.45) is 5.97. The van der Waals surface area contributed by atoms with E-state index in [9.17, 15) is 9.90 Å². The van der Waals surface area contributed by atoms with Gasteiger partial charge in [-0.1, -0.05) is 81.0 Å². The lowest BCUT2D eigenvalue weighted by Gasteiger charge is -2.20. The molecule has 7 heteroatoms. The summed E-state index contributed by atoms with van der Waals surface area (Å²) in [5.74, 6) is 0.729. The van der Waals surface area contributed by atoms with Crippen molar-refractivity contribution in [3.8, 4) is 11.3 Å². The minimum Gasteiger partial charge on any atom is -0.464 e. The second-order valence-electron chi connectivity index (χ2n) is 5.94. The van der Waals surface area contributed by atoms with Gasteiger partial charge in [0.05, 0.1) is 5.69 Å². The van der Waals surface area contributed by atoms with E-state index in [2.05, 4.69) is 17.1 Å². The molecule has 26 heavy (non-hydrogen) atoms. The van der Waals surface area contributed by atoms with Gasteiger partial charge in [0.25, 0.3) is 0 Å². The SMILES string of the molecule is CCCCCCCCSN(C(=O)O)c1cc(Cl)nnc1-c1ccccc1. The largest absolute Gasteiger partial charge is 0.464 e. The number of aromatic nitrogens is 2. The van der Waals surface area contributed by atoms with E-state index in [1.165, 1.54) is 41.9 Å². The van der Waals surface area contributed by atoms with Crippen LogP contribution in [0.15, 0.2) is 36.4 Å². The maximum Gasteiger partial charge on any atom is 0.422 e. The Morgan fingerprint density at radius 2 is 1.81 bits per heavy atom. The van der Waals surface area contributed by atoms with Gasteiger partial charge in [-0.05, 0) is 18.4 Å². The Labute approximate surface area is 163 Å². The van der Waals surface area contributed by atoms with Crippen LogP contribution in [-0.4, -0.2) is 27.1 Å². The number of amides is 1. The summed E-state index contributed by atoms with van der Waals surface area (Å²) in [5, 5.41) is 17.9. The average Bonchev–Trinajstić information content (AvgIpc) is 2.64. The summed E-state index contributed by atoms with van der Waals surface area (Å²) in [6.45, 7) is 2.19. The average molecular weight is 394 g/mol. The van der Waals surface area contributed by atoms with Gasteiger partial charge in [0, 0.05) is 17.4 Å². The Balaban J connectivity index is 2.09. The fraction of sp³-hybridized carbons (Fsp3) is 0.421.